The molecule has 6 heteroatoms. The number of aryl methyl sites for hydroxylation is 1. The van der Waals surface area contributed by atoms with Gasteiger partial charge < -0.3 is 19.4 Å². The van der Waals surface area contributed by atoms with Crippen LogP contribution in [0.2, 0.25) is 0 Å². The summed E-state index contributed by atoms with van der Waals surface area (Å²) in [7, 11) is 1.00. The zero-order chi connectivity index (χ0) is 22.1. The zero-order valence-corrected chi connectivity index (χ0v) is 18.1. The van der Waals surface area contributed by atoms with Crippen molar-refractivity contribution < 1.29 is 19.4 Å². The molecule has 0 amide bonds. The molecule has 0 aliphatic carbocycles. The number of nitrogens with zero attached hydrogens (tertiary/aromatic N) is 2. The van der Waals surface area contributed by atoms with Gasteiger partial charge in [0.05, 0.1) is 11.7 Å². The van der Waals surface area contributed by atoms with Gasteiger partial charge in [0, 0.05) is 32.7 Å². The maximum atomic E-state index is 10.7. The van der Waals surface area contributed by atoms with E-state index in [-0.39, 0.29) is 12.0 Å². The van der Waals surface area contributed by atoms with E-state index in [0.717, 1.165) is 44.3 Å². The van der Waals surface area contributed by atoms with Gasteiger partial charge in [0.2, 0.25) is 0 Å². The number of aliphatic hydroxyl groups excluding tert-OH is 1. The Hall–Kier alpha value is -2.88. The van der Waals surface area contributed by atoms with Crippen molar-refractivity contribution >= 4 is 6.29 Å². The zero-order valence-electron chi connectivity index (χ0n) is 18.1. The molecule has 1 N–H and O–H groups in total. The summed E-state index contributed by atoms with van der Waals surface area (Å²) in [5.41, 5.74) is 3.86. The van der Waals surface area contributed by atoms with E-state index in [0.29, 0.717) is 17.9 Å². The van der Waals surface area contributed by atoms with E-state index in [4.69, 9.17) is 14.6 Å². The van der Waals surface area contributed by atoms with Crippen molar-refractivity contribution in [3.63, 3.8) is 0 Å². The van der Waals surface area contributed by atoms with E-state index in [1.54, 1.807) is 0 Å². The first kappa shape index (κ1) is 23.4. The van der Waals surface area contributed by atoms with Crippen LogP contribution in [0.25, 0.3) is 0 Å². The van der Waals surface area contributed by atoms with Crippen molar-refractivity contribution in [1.29, 1.82) is 5.26 Å². The summed E-state index contributed by atoms with van der Waals surface area (Å²) >= 11 is 0. The monoisotopic (exact) mass is 410 g/mol. The van der Waals surface area contributed by atoms with Gasteiger partial charge in [-0.05, 0) is 61.7 Å². The van der Waals surface area contributed by atoms with Gasteiger partial charge in [0.25, 0.3) is 0 Å². The van der Waals surface area contributed by atoms with Crippen LogP contribution in [0.1, 0.15) is 36.1 Å². The molecule has 0 bridgehead atoms. The largest absolute Gasteiger partial charge is 0.490 e. The molecule has 1 saturated heterocycles. The lowest BCUT2D eigenvalue weighted by atomic mass is 10.00. The van der Waals surface area contributed by atoms with Crippen molar-refractivity contribution in [1.82, 2.24) is 4.90 Å². The van der Waals surface area contributed by atoms with Gasteiger partial charge in [-0.2, -0.15) is 5.26 Å². The van der Waals surface area contributed by atoms with Crippen LogP contribution in [0.15, 0.2) is 36.4 Å². The first-order valence-electron chi connectivity index (χ1n) is 10.0. The average molecular weight is 411 g/mol. The van der Waals surface area contributed by atoms with E-state index >= 15 is 0 Å². The molecular formula is C24H30N2O4. The topological polar surface area (TPSA) is 82.8 Å². The molecule has 0 aromatic heterocycles. The van der Waals surface area contributed by atoms with Gasteiger partial charge in [-0.25, -0.2) is 0 Å². The van der Waals surface area contributed by atoms with E-state index in [1.165, 1.54) is 11.1 Å². The maximum Gasteiger partial charge on any atom is 0.137 e. The van der Waals surface area contributed by atoms with Crippen LogP contribution in [0.5, 0.6) is 11.5 Å². The van der Waals surface area contributed by atoms with Crippen molar-refractivity contribution in [2.45, 2.75) is 40.0 Å². The fraction of sp³-hybridized carbons (Fsp3) is 0.417. The Morgan fingerprint density at radius 3 is 2.57 bits per heavy atom. The lowest BCUT2D eigenvalue weighted by Crippen LogP contribution is -2.46. The Bertz CT molecular complexity index is 883. The van der Waals surface area contributed by atoms with Gasteiger partial charge in [-0.1, -0.05) is 12.1 Å². The Kier molecular flexibility index (Phi) is 8.85. The summed E-state index contributed by atoms with van der Waals surface area (Å²) in [6.45, 7) is 8.89. The minimum atomic E-state index is 0.0243. The Morgan fingerprint density at radius 1 is 1.23 bits per heavy atom. The predicted molar refractivity (Wildman–Crippen MR) is 115 cm³/mol. The number of carbonyl (C=O) groups excluding carboxylic acids is 1. The number of rotatable bonds is 8. The highest BCUT2D eigenvalue weighted by Crippen LogP contribution is 2.24. The van der Waals surface area contributed by atoms with Crippen molar-refractivity contribution in [2.24, 2.45) is 5.92 Å². The molecule has 2 aromatic carbocycles. The molecule has 0 saturated carbocycles. The van der Waals surface area contributed by atoms with Crippen LogP contribution in [-0.4, -0.2) is 42.6 Å². The molecule has 0 unspecified atom stereocenters. The normalized spacial score (nSPS) is 13.6. The number of aldehydes is 1. The smallest absolute Gasteiger partial charge is 0.137 e. The molecule has 1 fully saturated rings. The molecule has 160 valence electrons. The van der Waals surface area contributed by atoms with Crippen LogP contribution in [-0.2, 0) is 17.9 Å². The second kappa shape index (κ2) is 11.3. The fourth-order valence-electron chi connectivity index (χ4n) is 3.28. The summed E-state index contributed by atoms with van der Waals surface area (Å²) in [5.74, 6) is 1.60. The van der Waals surface area contributed by atoms with Gasteiger partial charge in [0.15, 0.2) is 0 Å². The summed E-state index contributed by atoms with van der Waals surface area (Å²) in [6.07, 6.45) is 1.07. The summed E-state index contributed by atoms with van der Waals surface area (Å²) < 4.78 is 11.6. The van der Waals surface area contributed by atoms with Gasteiger partial charge in [0.1, 0.15) is 30.5 Å². The molecule has 1 aliphatic heterocycles. The molecule has 0 radical (unpaired) electrons. The predicted octanol–water partition coefficient (Wildman–Crippen LogP) is 3.47. The second-order valence-corrected chi connectivity index (χ2v) is 7.58. The number of hydrogen-bond acceptors (Lipinski definition) is 6. The highest BCUT2D eigenvalue weighted by molar-refractivity contribution is 5.55. The quantitative estimate of drug-likeness (QED) is 0.671. The molecule has 6 nitrogen and oxygen atoms in total. The third-order valence-corrected chi connectivity index (χ3v) is 4.82. The lowest BCUT2D eigenvalue weighted by molar-refractivity contribution is -0.115. The minimum Gasteiger partial charge on any atom is -0.490 e. The average Bonchev–Trinajstić information content (AvgIpc) is 2.71. The lowest BCUT2D eigenvalue weighted by Gasteiger charge is -2.36. The van der Waals surface area contributed by atoms with E-state index in [1.807, 2.05) is 44.2 Å². The number of nitriles is 1. The summed E-state index contributed by atoms with van der Waals surface area (Å²) in [4.78, 5) is 13.0. The molecule has 0 spiro atoms. The Labute approximate surface area is 178 Å². The van der Waals surface area contributed by atoms with E-state index in [2.05, 4.69) is 24.0 Å². The Balaban J connectivity index is 0.00000155. The molecular weight excluding hydrogens is 380 g/mol. The van der Waals surface area contributed by atoms with Crippen LogP contribution in [0, 0.1) is 24.2 Å². The van der Waals surface area contributed by atoms with Crippen LogP contribution in [0.3, 0.4) is 0 Å². The third-order valence-electron chi connectivity index (χ3n) is 4.82. The van der Waals surface area contributed by atoms with Crippen molar-refractivity contribution in [3.8, 4) is 17.6 Å². The number of benzene rings is 2. The number of likely N-dealkylation sites (tertiary alicyclic amines) is 1. The van der Waals surface area contributed by atoms with Gasteiger partial charge in [-0.3, -0.25) is 4.90 Å². The molecule has 1 aliphatic rings. The van der Waals surface area contributed by atoms with E-state index < -0.39 is 0 Å². The Morgan fingerprint density at radius 2 is 1.97 bits per heavy atom. The highest BCUT2D eigenvalue weighted by Gasteiger charge is 2.26. The molecule has 1 heterocycles. The summed E-state index contributed by atoms with van der Waals surface area (Å²) in [6, 6.07) is 13.8. The van der Waals surface area contributed by atoms with Crippen LogP contribution in [0.4, 0.5) is 0 Å². The molecule has 2 aromatic rings. The van der Waals surface area contributed by atoms with Crippen molar-refractivity contribution in [2.75, 3.05) is 20.2 Å². The molecule has 0 atom stereocenters. The SMILES string of the molecule is CO.Cc1cc(OCc2ccc(OC(C)C)c(C#N)c2)ccc1CN1CC(C=O)C1. The standard InChI is InChI=1S/C23H26N2O3.CH4O/c1-16(2)28-23-7-4-18(9-21(23)10-24)15-27-22-6-5-20(17(3)8-22)13-25-11-19(12-25)14-26;1-2/h4-9,14,16,19H,11-13,15H2,1-3H3;2H,1H3. The number of ether oxygens (including phenoxy) is 2. The van der Waals surface area contributed by atoms with Crippen molar-refractivity contribution in [3.05, 3.63) is 58.7 Å². The molecule has 3 rings (SSSR count). The first-order chi connectivity index (χ1) is 14.5. The van der Waals surface area contributed by atoms with Gasteiger partial charge in [-0.15, -0.1) is 0 Å². The number of carbonyl (C=O) groups is 1. The van der Waals surface area contributed by atoms with E-state index in [9.17, 15) is 10.1 Å². The van der Waals surface area contributed by atoms with Gasteiger partial charge >= 0.3 is 0 Å². The summed E-state index contributed by atoms with van der Waals surface area (Å²) in [5, 5.41) is 16.3. The number of hydrogen-bond donors (Lipinski definition) is 1. The maximum absolute atomic E-state index is 10.7. The molecule has 30 heavy (non-hydrogen) atoms. The van der Waals surface area contributed by atoms with Crippen LogP contribution < -0.4 is 9.47 Å². The number of aliphatic hydroxyl groups is 1. The van der Waals surface area contributed by atoms with Crippen LogP contribution >= 0.6 is 0 Å². The fourth-order valence-corrected chi connectivity index (χ4v) is 3.28. The first-order valence-corrected chi connectivity index (χ1v) is 10.0. The minimum absolute atomic E-state index is 0.0243. The second-order valence-electron chi connectivity index (χ2n) is 7.58. The highest BCUT2D eigenvalue weighted by atomic mass is 16.5. The third kappa shape index (κ3) is 6.31.